The number of nitrogens with one attached hydrogen (secondary N) is 1. The van der Waals surface area contributed by atoms with E-state index < -0.39 is 0 Å². The van der Waals surface area contributed by atoms with E-state index in [1.54, 1.807) is 12.3 Å². The molecule has 2 saturated carbocycles. The van der Waals surface area contributed by atoms with Crippen molar-refractivity contribution in [2.24, 2.45) is 5.92 Å². The zero-order chi connectivity index (χ0) is 21.5. The molecular weight excluding hydrogens is 392 g/mol. The van der Waals surface area contributed by atoms with Gasteiger partial charge in [-0.3, -0.25) is 9.78 Å². The standard InChI is InChI=1S/C25H26N2O4/c1-31-22-12-16(11-21(28)25(22)30)15-8-9-20-18(10-15)23(27-17-4-2-3-5-17)19(13-26-20)24(29)14-6-7-14/h8-14,17,28,30H,2-7H2,1H3,(H,26,27). The Morgan fingerprint density at radius 1 is 1.06 bits per heavy atom. The molecule has 0 spiro atoms. The van der Waals surface area contributed by atoms with Gasteiger partial charge in [0.2, 0.25) is 5.75 Å². The summed E-state index contributed by atoms with van der Waals surface area (Å²) in [6, 6.07) is 9.39. The predicted octanol–water partition coefficient (Wildman–Crippen LogP) is 5.27. The van der Waals surface area contributed by atoms with Crippen LogP contribution in [0.5, 0.6) is 17.2 Å². The molecule has 0 amide bonds. The highest BCUT2D eigenvalue weighted by atomic mass is 16.5. The fourth-order valence-corrected chi connectivity index (χ4v) is 4.47. The van der Waals surface area contributed by atoms with Gasteiger partial charge in [-0.2, -0.15) is 0 Å². The number of aromatic nitrogens is 1. The van der Waals surface area contributed by atoms with Gasteiger partial charge in [-0.1, -0.05) is 18.9 Å². The Balaban J connectivity index is 1.65. The van der Waals surface area contributed by atoms with Gasteiger partial charge >= 0.3 is 0 Å². The smallest absolute Gasteiger partial charge is 0.200 e. The summed E-state index contributed by atoms with van der Waals surface area (Å²) in [5.74, 6) is -0.0338. The Morgan fingerprint density at radius 2 is 1.84 bits per heavy atom. The summed E-state index contributed by atoms with van der Waals surface area (Å²) < 4.78 is 5.19. The molecule has 3 aromatic rings. The van der Waals surface area contributed by atoms with Crippen LogP contribution in [0.25, 0.3) is 22.0 Å². The van der Waals surface area contributed by atoms with E-state index in [9.17, 15) is 15.0 Å². The normalized spacial score (nSPS) is 16.5. The van der Waals surface area contributed by atoms with Crippen molar-refractivity contribution >= 4 is 22.4 Å². The van der Waals surface area contributed by atoms with Gasteiger partial charge in [-0.25, -0.2) is 0 Å². The SMILES string of the molecule is COc1cc(-c2ccc3ncc(C(=O)C4CC4)c(NC4CCCC4)c3c2)cc(O)c1O. The molecule has 0 atom stereocenters. The molecule has 2 fully saturated rings. The number of Topliss-reactive ketones (excluding diaryl/α,β-unsaturated/α-hetero) is 1. The summed E-state index contributed by atoms with van der Waals surface area (Å²) in [6.07, 6.45) is 8.22. The minimum absolute atomic E-state index is 0.116. The van der Waals surface area contributed by atoms with Gasteiger partial charge in [0, 0.05) is 23.5 Å². The maximum absolute atomic E-state index is 13.0. The Bertz CT molecular complexity index is 1160. The second-order valence-electron chi connectivity index (χ2n) is 8.59. The van der Waals surface area contributed by atoms with Crippen molar-refractivity contribution in [3.63, 3.8) is 0 Å². The van der Waals surface area contributed by atoms with E-state index in [1.165, 1.54) is 26.0 Å². The largest absolute Gasteiger partial charge is 0.504 e. The lowest BCUT2D eigenvalue weighted by atomic mass is 9.98. The van der Waals surface area contributed by atoms with Crippen LogP contribution in [-0.4, -0.2) is 34.1 Å². The topological polar surface area (TPSA) is 91.7 Å². The number of carbonyl (C=O) groups excluding carboxylic acids is 1. The number of fused-ring (bicyclic) bond motifs is 1. The number of phenolic OH excluding ortho intramolecular Hbond substituents is 2. The highest BCUT2D eigenvalue weighted by Gasteiger charge is 2.33. The minimum atomic E-state index is -0.283. The molecule has 0 aliphatic heterocycles. The highest BCUT2D eigenvalue weighted by molar-refractivity contribution is 6.10. The molecule has 6 heteroatoms. The number of carbonyl (C=O) groups is 1. The number of hydrogen-bond acceptors (Lipinski definition) is 6. The molecule has 5 rings (SSSR count). The Hall–Kier alpha value is -3.28. The number of anilines is 1. The molecule has 1 heterocycles. The van der Waals surface area contributed by atoms with E-state index in [2.05, 4.69) is 10.3 Å². The molecule has 0 bridgehead atoms. The average Bonchev–Trinajstić information content (AvgIpc) is 3.51. The Kier molecular flexibility index (Phi) is 4.93. The maximum atomic E-state index is 13.0. The molecule has 0 radical (unpaired) electrons. The summed E-state index contributed by atoms with van der Waals surface area (Å²) in [5, 5.41) is 24.6. The number of aromatic hydroxyl groups is 2. The van der Waals surface area contributed by atoms with Gasteiger partial charge in [0.15, 0.2) is 17.3 Å². The summed E-state index contributed by atoms with van der Waals surface area (Å²) in [5.41, 5.74) is 3.90. The van der Waals surface area contributed by atoms with Crippen LogP contribution >= 0.6 is 0 Å². The molecule has 6 nitrogen and oxygen atoms in total. The Labute approximate surface area is 180 Å². The first kappa shape index (κ1) is 19.7. The number of hydrogen-bond donors (Lipinski definition) is 3. The molecule has 0 unspecified atom stereocenters. The molecule has 31 heavy (non-hydrogen) atoms. The molecule has 2 aromatic carbocycles. The summed E-state index contributed by atoms with van der Waals surface area (Å²) in [4.78, 5) is 17.6. The van der Waals surface area contributed by atoms with Gasteiger partial charge in [-0.05, 0) is 61.1 Å². The van der Waals surface area contributed by atoms with Crippen molar-refractivity contribution in [1.82, 2.24) is 4.98 Å². The van der Waals surface area contributed by atoms with Crippen molar-refractivity contribution < 1.29 is 19.7 Å². The number of benzene rings is 2. The first-order valence-corrected chi connectivity index (χ1v) is 10.9. The van der Waals surface area contributed by atoms with Gasteiger partial charge in [-0.15, -0.1) is 0 Å². The molecule has 2 aliphatic carbocycles. The van der Waals surface area contributed by atoms with Crippen LogP contribution in [0.3, 0.4) is 0 Å². The van der Waals surface area contributed by atoms with Gasteiger partial charge < -0.3 is 20.3 Å². The molecule has 1 aromatic heterocycles. The van der Waals surface area contributed by atoms with E-state index in [0.717, 1.165) is 47.8 Å². The van der Waals surface area contributed by atoms with Crippen LogP contribution in [0.4, 0.5) is 5.69 Å². The van der Waals surface area contributed by atoms with Crippen molar-refractivity contribution in [2.45, 2.75) is 44.6 Å². The monoisotopic (exact) mass is 418 g/mol. The first-order chi connectivity index (χ1) is 15.0. The zero-order valence-corrected chi connectivity index (χ0v) is 17.5. The fourth-order valence-electron chi connectivity index (χ4n) is 4.47. The number of ether oxygens (including phenoxy) is 1. The average molecular weight is 418 g/mol. The quantitative estimate of drug-likeness (QED) is 0.373. The second-order valence-corrected chi connectivity index (χ2v) is 8.59. The van der Waals surface area contributed by atoms with Crippen molar-refractivity contribution in [3.05, 3.63) is 42.1 Å². The molecule has 0 saturated heterocycles. The van der Waals surface area contributed by atoms with Gasteiger partial charge in [0.25, 0.3) is 0 Å². The zero-order valence-electron chi connectivity index (χ0n) is 17.5. The number of phenols is 2. The number of ketones is 1. The van der Waals surface area contributed by atoms with Crippen LogP contribution in [-0.2, 0) is 0 Å². The fraction of sp³-hybridized carbons (Fsp3) is 0.360. The van der Waals surface area contributed by atoms with Crippen LogP contribution in [0.2, 0.25) is 0 Å². The lowest BCUT2D eigenvalue weighted by Crippen LogP contribution is -2.18. The lowest BCUT2D eigenvalue weighted by molar-refractivity contribution is 0.0968. The molecular formula is C25H26N2O4. The third-order valence-electron chi connectivity index (χ3n) is 6.39. The number of pyridine rings is 1. The van der Waals surface area contributed by atoms with Gasteiger partial charge in [0.05, 0.1) is 23.9 Å². The summed E-state index contributed by atoms with van der Waals surface area (Å²) in [6.45, 7) is 0. The number of nitrogens with zero attached hydrogens (tertiary/aromatic N) is 1. The molecule has 2 aliphatic rings. The van der Waals surface area contributed by atoms with Crippen molar-refractivity contribution in [2.75, 3.05) is 12.4 Å². The molecule has 3 N–H and O–H groups in total. The summed E-state index contributed by atoms with van der Waals surface area (Å²) >= 11 is 0. The third-order valence-corrected chi connectivity index (χ3v) is 6.39. The van der Waals surface area contributed by atoms with E-state index in [1.807, 2.05) is 18.2 Å². The van der Waals surface area contributed by atoms with Crippen LogP contribution < -0.4 is 10.1 Å². The minimum Gasteiger partial charge on any atom is -0.504 e. The lowest BCUT2D eigenvalue weighted by Gasteiger charge is -2.19. The number of rotatable bonds is 6. The number of methoxy groups -OCH3 is 1. The van der Waals surface area contributed by atoms with Crippen LogP contribution in [0, 0.1) is 5.92 Å². The van der Waals surface area contributed by atoms with E-state index >= 15 is 0 Å². The maximum Gasteiger partial charge on any atom is 0.200 e. The van der Waals surface area contributed by atoms with E-state index in [4.69, 9.17) is 4.74 Å². The Morgan fingerprint density at radius 3 is 2.55 bits per heavy atom. The van der Waals surface area contributed by atoms with E-state index in [0.29, 0.717) is 17.2 Å². The first-order valence-electron chi connectivity index (χ1n) is 10.9. The predicted molar refractivity (Wildman–Crippen MR) is 120 cm³/mol. The molecule has 160 valence electrons. The third kappa shape index (κ3) is 3.67. The van der Waals surface area contributed by atoms with Crippen molar-refractivity contribution in [1.29, 1.82) is 0 Å². The van der Waals surface area contributed by atoms with Crippen LogP contribution in [0.1, 0.15) is 48.9 Å². The van der Waals surface area contributed by atoms with Gasteiger partial charge in [0.1, 0.15) is 0 Å². The van der Waals surface area contributed by atoms with Crippen molar-refractivity contribution in [3.8, 4) is 28.4 Å². The summed E-state index contributed by atoms with van der Waals surface area (Å²) in [7, 11) is 1.45. The highest BCUT2D eigenvalue weighted by Crippen LogP contribution is 2.42. The second kappa shape index (κ2) is 7.76. The van der Waals surface area contributed by atoms with E-state index in [-0.39, 0.29) is 28.9 Å². The van der Waals surface area contributed by atoms with Crippen LogP contribution in [0.15, 0.2) is 36.5 Å².